The normalized spacial score (nSPS) is 16.8. The summed E-state index contributed by atoms with van der Waals surface area (Å²) in [5.74, 6) is -2.46. The third-order valence-corrected chi connectivity index (χ3v) is 4.28. The number of aliphatic hydroxyl groups is 1. The highest BCUT2D eigenvalue weighted by atomic mass is 19.3. The molecular weight excluding hydrogens is 376 g/mol. The van der Waals surface area contributed by atoms with Crippen molar-refractivity contribution in [2.75, 3.05) is 33.4 Å². The van der Waals surface area contributed by atoms with Crippen LogP contribution in [0.25, 0.3) is 6.08 Å². The molecule has 1 aromatic rings. The predicted octanol–water partition coefficient (Wildman–Crippen LogP) is 1.70. The van der Waals surface area contributed by atoms with Gasteiger partial charge in [0.2, 0.25) is 0 Å². The number of hydrogen-bond acceptors (Lipinski definition) is 6. The molecule has 0 bridgehead atoms. The molecule has 1 aromatic carbocycles. The van der Waals surface area contributed by atoms with Gasteiger partial charge in [-0.05, 0) is 12.5 Å². The van der Waals surface area contributed by atoms with Crippen molar-refractivity contribution in [3.05, 3.63) is 35.9 Å². The maximum absolute atomic E-state index is 12.5. The fourth-order valence-electron chi connectivity index (χ4n) is 2.81. The standard InChI is InChI=1S/C19H23F2NO6/c1-26-18(25)14(16(23)17(24)22-9-11-27-12-10-22)7-4-6-13-5-2-3-8-15(13)28-19(20)21/h2-6,8,14,16,19,23H,7,9-12H2,1H3/b6-4+/t14-,16+/m1/s1. The Kier molecular flexibility index (Phi) is 8.34. The number of hydrogen-bond donors (Lipinski definition) is 1. The van der Waals surface area contributed by atoms with E-state index < -0.39 is 30.5 Å². The van der Waals surface area contributed by atoms with E-state index in [9.17, 15) is 23.5 Å². The molecule has 0 radical (unpaired) electrons. The molecule has 2 atom stereocenters. The first-order valence-electron chi connectivity index (χ1n) is 8.77. The fourth-order valence-corrected chi connectivity index (χ4v) is 2.81. The van der Waals surface area contributed by atoms with Crippen molar-refractivity contribution in [2.24, 2.45) is 5.92 Å². The molecule has 1 amide bonds. The summed E-state index contributed by atoms with van der Waals surface area (Å²) in [6, 6.07) is 6.15. The summed E-state index contributed by atoms with van der Waals surface area (Å²) in [6.07, 6.45) is 1.39. The third kappa shape index (κ3) is 6.00. The van der Waals surface area contributed by atoms with Crippen LogP contribution in [0.4, 0.5) is 8.78 Å². The van der Waals surface area contributed by atoms with E-state index in [2.05, 4.69) is 4.74 Å². The van der Waals surface area contributed by atoms with Crippen molar-refractivity contribution in [3.63, 3.8) is 0 Å². The Balaban J connectivity index is 2.09. The minimum Gasteiger partial charge on any atom is -0.469 e. The van der Waals surface area contributed by atoms with Crippen LogP contribution in [-0.4, -0.2) is 68.0 Å². The van der Waals surface area contributed by atoms with Crippen molar-refractivity contribution in [1.29, 1.82) is 0 Å². The number of alkyl halides is 2. The zero-order chi connectivity index (χ0) is 20.5. The van der Waals surface area contributed by atoms with E-state index in [4.69, 9.17) is 9.47 Å². The lowest BCUT2D eigenvalue weighted by Gasteiger charge is -2.30. The average molecular weight is 399 g/mol. The van der Waals surface area contributed by atoms with E-state index in [1.807, 2.05) is 0 Å². The molecule has 9 heteroatoms. The van der Waals surface area contributed by atoms with E-state index in [-0.39, 0.29) is 12.2 Å². The number of carbonyl (C=O) groups excluding carboxylic acids is 2. The first-order chi connectivity index (χ1) is 13.4. The van der Waals surface area contributed by atoms with E-state index in [1.165, 1.54) is 23.1 Å². The molecule has 7 nitrogen and oxygen atoms in total. The van der Waals surface area contributed by atoms with E-state index in [1.54, 1.807) is 18.2 Å². The second-order valence-electron chi connectivity index (χ2n) is 6.07. The third-order valence-electron chi connectivity index (χ3n) is 4.28. The van der Waals surface area contributed by atoms with Crippen LogP contribution in [0.5, 0.6) is 5.75 Å². The van der Waals surface area contributed by atoms with Gasteiger partial charge < -0.3 is 24.2 Å². The number of methoxy groups -OCH3 is 1. The van der Waals surface area contributed by atoms with Crippen LogP contribution >= 0.6 is 0 Å². The SMILES string of the molecule is COC(=O)[C@H](C/C=C/c1ccccc1OC(F)F)[C@H](O)C(=O)N1CCOCC1. The Morgan fingerprint density at radius 1 is 1.29 bits per heavy atom. The maximum Gasteiger partial charge on any atom is 0.387 e. The molecular formula is C19H23F2NO6. The number of morpholine rings is 1. The first-order valence-corrected chi connectivity index (χ1v) is 8.77. The van der Waals surface area contributed by atoms with Crippen LogP contribution in [0.1, 0.15) is 12.0 Å². The Morgan fingerprint density at radius 2 is 1.96 bits per heavy atom. The number of rotatable bonds is 8. The molecule has 0 spiro atoms. The number of allylic oxidation sites excluding steroid dienone is 1. The van der Waals surface area contributed by atoms with Gasteiger partial charge in [0.15, 0.2) is 0 Å². The lowest BCUT2D eigenvalue weighted by molar-refractivity contribution is -0.159. The number of amides is 1. The van der Waals surface area contributed by atoms with Gasteiger partial charge in [-0.25, -0.2) is 0 Å². The van der Waals surface area contributed by atoms with Gasteiger partial charge in [-0.3, -0.25) is 9.59 Å². The van der Waals surface area contributed by atoms with Gasteiger partial charge in [-0.15, -0.1) is 0 Å². The second kappa shape index (κ2) is 10.7. The first kappa shape index (κ1) is 21.8. The number of carbonyl (C=O) groups is 2. The highest BCUT2D eigenvalue weighted by Gasteiger charge is 2.35. The van der Waals surface area contributed by atoms with Crippen LogP contribution in [0, 0.1) is 5.92 Å². The quantitative estimate of drug-likeness (QED) is 0.670. The maximum atomic E-state index is 12.5. The van der Waals surface area contributed by atoms with Gasteiger partial charge in [0.05, 0.1) is 26.2 Å². The van der Waals surface area contributed by atoms with Gasteiger partial charge in [-0.2, -0.15) is 8.78 Å². The Morgan fingerprint density at radius 3 is 2.61 bits per heavy atom. The molecule has 0 aliphatic carbocycles. The van der Waals surface area contributed by atoms with Gasteiger partial charge in [0.25, 0.3) is 5.91 Å². The number of esters is 1. The Hall–Kier alpha value is -2.52. The molecule has 0 saturated carbocycles. The zero-order valence-electron chi connectivity index (χ0n) is 15.4. The van der Waals surface area contributed by atoms with Crippen molar-refractivity contribution >= 4 is 18.0 Å². The summed E-state index contributed by atoms with van der Waals surface area (Å²) < 4.78 is 39.3. The van der Waals surface area contributed by atoms with Gasteiger partial charge in [0, 0.05) is 18.7 Å². The molecule has 0 aromatic heterocycles. The highest BCUT2D eigenvalue weighted by Crippen LogP contribution is 2.23. The van der Waals surface area contributed by atoms with E-state index in [0.717, 1.165) is 7.11 Å². The summed E-state index contributed by atoms with van der Waals surface area (Å²) in [6.45, 7) is -1.58. The Labute approximate surface area is 161 Å². The molecule has 154 valence electrons. The molecule has 2 rings (SSSR count). The molecule has 1 N–H and O–H groups in total. The topological polar surface area (TPSA) is 85.3 Å². The summed E-state index contributed by atoms with van der Waals surface area (Å²) in [5.41, 5.74) is 0.375. The fraction of sp³-hybridized carbons (Fsp3) is 0.474. The number of halogens is 2. The highest BCUT2D eigenvalue weighted by molar-refractivity contribution is 5.87. The van der Waals surface area contributed by atoms with Crippen LogP contribution in [0.2, 0.25) is 0 Å². The molecule has 1 aliphatic rings. The zero-order valence-corrected chi connectivity index (χ0v) is 15.4. The van der Waals surface area contributed by atoms with Crippen LogP contribution in [-0.2, 0) is 19.1 Å². The lowest BCUT2D eigenvalue weighted by Crippen LogP contribution is -2.49. The molecule has 1 aliphatic heterocycles. The molecule has 0 unspecified atom stereocenters. The van der Waals surface area contributed by atoms with E-state index in [0.29, 0.717) is 31.9 Å². The number of benzene rings is 1. The van der Waals surface area contributed by atoms with Gasteiger partial charge in [0.1, 0.15) is 11.9 Å². The summed E-state index contributed by atoms with van der Waals surface area (Å²) in [4.78, 5) is 25.9. The predicted molar refractivity (Wildman–Crippen MR) is 95.6 cm³/mol. The number of nitrogens with zero attached hydrogens (tertiary/aromatic N) is 1. The number of ether oxygens (including phenoxy) is 3. The van der Waals surface area contributed by atoms with Gasteiger partial charge in [-0.1, -0.05) is 30.4 Å². The summed E-state index contributed by atoms with van der Waals surface area (Å²) in [5, 5.41) is 10.4. The average Bonchev–Trinajstić information content (AvgIpc) is 2.71. The van der Waals surface area contributed by atoms with Gasteiger partial charge >= 0.3 is 12.6 Å². The van der Waals surface area contributed by atoms with Crippen LogP contribution < -0.4 is 4.74 Å². The number of para-hydroxylation sites is 1. The lowest BCUT2D eigenvalue weighted by atomic mass is 9.96. The van der Waals surface area contributed by atoms with Crippen LogP contribution in [0.15, 0.2) is 30.3 Å². The summed E-state index contributed by atoms with van der Waals surface area (Å²) in [7, 11) is 1.16. The second-order valence-corrected chi connectivity index (χ2v) is 6.07. The Bertz CT molecular complexity index is 691. The minimum atomic E-state index is -2.97. The smallest absolute Gasteiger partial charge is 0.387 e. The summed E-state index contributed by atoms with van der Waals surface area (Å²) >= 11 is 0. The minimum absolute atomic E-state index is 0.0201. The number of aliphatic hydroxyl groups excluding tert-OH is 1. The largest absolute Gasteiger partial charge is 0.469 e. The molecule has 1 saturated heterocycles. The monoisotopic (exact) mass is 399 g/mol. The molecule has 28 heavy (non-hydrogen) atoms. The van der Waals surface area contributed by atoms with Crippen molar-refractivity contribution in [3.8, 4) is 5.75 Å². The van der Waals surface area contributed by atoms with E-state index >= 15 is 0 Å². The molecule has 1 heterocycles. The van der Waals surface area contributed by atoms with Crippen LogP contribution in [0.3, 0.4) is 0 Å². The van der Waals surface area contributed by atoms with Crippen molar-refractivity contribution < 1.29 is 37.7 Å². The van der Waals surface area contributed by atoms with Crippen molar-refractivity contribution in [1.82, 2.24) is 4.90 Å². The van der Waals surface area contributed by atoms with Crippen molar-refractivity contribution in [2.45, 2.75) is 19.1 Å². The molecule has 1 fully saturated rings.